The Labute approximate surface area is 115 Å². The highest BCUT2D eigenvalue weighted by Gasteiger charge is 2.09. The van der Waals surface area contributed by atoms with Gasteiger partial charge in [0, 0.05) is 5.56 Å². The smallest absolute Gasteiger partial charge is 0.335 e. The highest BCUT2D eigenvalue weighted by molar-refractivity contribution is 9.11. The number of amides is 1. The van der Waals surface area contributed by atoms with Gasteiger partial charge >= 0.3 is 5.97 Å². The van der Waals surface area contributed by atoms with E-state index in [2.05, 4.69) is 21.2 Å². The third-order valence-electron chi connectivity index (χ3n) is 2.20. The molecular formula is C12H8BrNO3S. The fourth-order valence-electron chi connectivity index (χ4n) is 1.33. The molecule has 0 saturated carbocycles. The number of halogens is 1. The maximum absolute atomic E-state index is 11.8. The monoisotopic (exact) mass is 325 g/mol. The number of anilines is 1. The van der Waals surface area contributed by atoms with Crippen molar-refractivity contribution in [3.8, 4) is 0 Å². The van der Waals surface area contributed by atoms with Gasteiger partial charge in [0.2, 0.25) is 0 Å². The Hall–Kier alpha value is -1.66. The summed E-state index contributed by atoms with van der Waals surface area (Å²) < 4.78 is 0.930. The molecule has 0 aliphatic rings. The zero-order valence-electron chi connectivity index (χ0n) is 9.01. The number of thiophene rings is 1. The average molecular weight is 326 g/mol. The summed E-state index contributed by atoms with van der Waals surface area (Å²) in [6, 6.07) is 9.41. The van der Waals surface area contributed by atoms with Crippen LogP contribution in [0.15, 0.2) is 40.2 Å². The molecule has 0 atom stereocenters. The van der Waals surface area contributed by atoms with Crippen molar-refractivity contribution in [1.82, 2.24) is 0 Å². The molecule has 0 bridgehead atoms. The standard InChI is InChI=1S/C12H8BrNO3S/c13-9-5-6-10(18-9)14-11(15)7-1-3-8(4-2-7)12(16)17/h1-6H,(H,14,15)(H,16,17). The van der Waals surface area contributed by atoms with Crippen LogP contribution in [0.1, 0.15) is 20.7 Å². The van der Waals surface area contributed by atoms with E-state index < -0.39 is 5.97 Å². The summed E-state index contributed by atoms with van der Waals surface area (Å²) in [6.45, 7) is 0. The number of rotatable bonds is 3. The Kier molecular flexibility index (Phi) is 3.78. The zero-order valence-corrected chi connectivity index (χ0v) is 11.4. The van der Waals surface area contributed by atoms with Gasteiger partial charge in [0.1, 0.15) is 0 Å². The molecular weight excluding hydrogens is 318 g/mol. The van der Waals surface area contributed by atoms with E-state index in [9.17, 15) is 9.59 Å². The first-order valence-electron chi connectivity index (χ1n) is 4.96. The minimum atomic E-state index is -1.01. The number of nitrogens with one attached hydrogen (secondary N) is 1. The number of benzene rings is 1. The van der Waals surface area contributed by atoms with Crippen LogP contribution in [-0.2, 0) is 0 Å². The molecule has 0 saturated heterocycles. The Morgan fingerprint density at radius 3 is 2.17 bits per heavy atom. The van der Waals surface area contributed by atoms with Gasteiger partial charge in [-0.3, -0.25) is 4.79 Å². The third kappa shape index (κ3) is 2.96. The second kappa shape index (κ2) is 5.32. The van der Waals surface area contributed by atoms with Crippen LogP contribution in [0.4, 0.5) is 5.00 Å². The topological polar surface area (TPSA) is 66.4 Å². The van der Waals surface area contributed by atoms with E-state index in [1.54, 1.807) is 6.07 Å². The lowest BCUT2D eigenvalue weighted by molar-refractivity contribution is 0.0696. The van der Waals surface area contributed by atoms with Crippen molar-refractivity contribution >= 4 is 44.1 Å². The van der Waals surface area contributed by atoms with Crippen LogP contribution in [0.5, 0.6) is 0 Å². The normalized spacial score (nSPS) is 10.1. The Bertz CT molecular complexity index is 592. The van der Waals surface area contributed by atoms with Gasteiger partial charge in [-0.05, 0) is 52.3 Å². The fourth-order valence-corrected chi connectivity index (χ4v) is 2.61. The summed E-state index contributed by atoms with van der Waals surface area (Å²) in [7, 11) is 0. The van der Waals surface area contributed by atoms with Gasteiger partial charge in [-0.15, -0.1) is 11.3 Å². The second-order valence-corrected chi connectivity index (χ2v) is 5.90. The van der Waals surface area contributed by atoms with E-state index in [1.165, 1.54) is 35.6 Å². The van der Waals surface area contributed by atoms with Gasteiger partial charge in [0.15, 0.2) is 0 Å². The van der Waals surface area contributed by atoms with Crippen molar-refractivity contribution in [2.45, 2.75) is 0 Å². The highest BCUT2D eigenvalue weighted by atomic mass is 79.9. The van der Waals surface area contributed by atoms with E-state index in [1.807, 2.05) is 6.07 Å². The van der Waals surface area contributed by atoms with Crippen LogP contribution in [0.3, 0.4) is 0 Å². The number of carboxylic acid groups (broad SMARTS) is 1. The summed E-state index contributed by atoms with van der Waals surface area (Å²) in [5.41, 5.74) is 0.579. The molecule has 0 radical (unpaired) electrons. The third-order valence-corrected chi connectivity index (χ3v) is 3.74. The van der Waals surface area contributed by atoms with Gasteiger partial charge in [-0.2, -0.15) is 0 Å². The molecule has 0 fully saturated rings. The maximum atomic E-state index is 11.8. The summed E-state index contributed by atoms with van der Waals surface area (Å²) in [6.07, 6.45) is 0. The van der Waals surface area contributed by atoms with Gasteiger partial charge in [0.25, 0.3) is 5.91 Å². The zero-order chi connectivity index (χ0) is 13.1. The van der Waals surface area contributed by atoms with Crippen molar-refractivity contribution < 1.29 is 14.7 Å². The van der Waals surface area contributed by atoms with Crippen LogP contribution in [0.2, 0.25) is 0 Å². The molecule has 18 heavy (non-hydrogen) atoms. The summed E-state index contributed by atoms with van der Waals surface area (Å²) in [4.78, 5) is 22.5. The maximum Gasteiger partial charge on any atom is 0.335 e. The van der Waals surface area contributed by atoms with Crippen molar-refractivity contribution in [3.05, 3.63) is 51.3 Å². The van der Waals surface area contributed by atoms with E-state index in [0.29, 0.717) is 5.56 Å². The Balaban J connectivity index is 2.11. The number of aromatic carboxylic acids is 1. The second-order valence-electron chi connectivity index (χ2n) is 3.44. The minimum absolute atomic E-state index is 0.158. The molecule has 0 aliphatic heterocycles. The van der Waals surface area contributed by atoms with Gasteiger partial charge < -0.3 is 10.4 Å². The largest absolute Gasteiger partial charge is 0.478 e. The molecule has 1 aromatic carbocycles. The predicted molar refractivity (Wildman–Crippen MR) is 73.4 cm³/mol. The predicted octanol–water partition coefficient (Wildman–Crippen LogP) is 3.46. The lowest BCUT2D eigenvalue weighted by Crippen LogP contribution is -2.11. The Morgan fingerprint density at radius 2 is 1.67 bits per heavy atom. The van der Waals surface area contributed by atoms with Crippen LogP contribution >= 0.6 is 27.3 Å². The molecule has 1 heterocycles. The quantitative estimate of drug-likeness (QED) is 0.908. The summed E-state index contributed by atoms with van der Waals surface area (Å²) >= 11 is 4.72. The summed E-state index contributed by atoms with van der Waals surface area (Å²) in [5, 5.41) is 12.2. The first kappa shape index (κ1) is 12.8. The molecule has 2 N–H and O–H groups in total. The van der Waals surface area contributed by atoms with Crippen LogP contribution in [0, 0.1) is 0 Å². The number of hydrogen-bond acceptors (Lipinski definition) is 3. The number of carbonyl (C=O) groups is 2. The molecule has 1 amide bonds. The van der Waals surface area contributed by atoms with Gasteiger partial charge in [-0.1, -0.05) is 0 Å². The molecule has 1 aromatic heterocycles. The molecule has 92 valence electrons. The number of carboxylic acids is 1. The lowest BCUT2D eigenvalue weighted by atomic mass is 10.1. The molecule has 0 aliphatic carbocycles. The SMILES string of the molecule is O=C(O)c1ccc(C(=O)Nc2ccc(Br)s2)cc1. The minimum Gasteiger partial charge on any atom is -0.478 e. The molecule has 2 aromatic rings. The first-order valence-corrected chi connectivity index (χ1v) is 6.57. The van der Waals surface area contributed by atoms with Crippen molar-refractivity contribution in [1.29, 1.82) is 0 Å². The number of carbonyl (C=O) groups excluding carboxylic acids is 1. The van der Waals surface area contributed by atoms with E-state index in [-0.39, 0.29) is 11.5 Å². The average Bonchev–Trinajstić information content (AvgIpc) is 2.75. The van der Waals surface area contributed by atoms with Crippen LogP contribution in [-0.4, -0.2) is 17.0 Å². The molecule has 6 heteroatoms. The van der Waals surface area contributed by atoms with Crippen molar-refractivity contribution in [2.75, 3.05) is 5.32 Å². The Morgan fingerprint density at radius 1 is 1.06 bits per heavy atom. The van der Waals surface area contributed by atoms with Gasteiger partial charge in [0.05, 0.1) is 14.4 Å². The van der Waals surface area contributed by atoms with E-state index in [0.717, 1.165) is 8.79 Å². The molecule has 2 rings (SSSR count). The fraction of sp³-hybridized carbons (Fsp3) is 0. The highest BCUT2D eigenvalue weighted by Crippen LogP contribution is 2.26. The first-order chi connectivity index (χ1) is 8.56. The van der Waals surface area contributed by atoms with E-state index >= 15 is 0 Å². The number of hydrogen-bond donors (Lipinski definition) is 2. The summed E-state index contributed by atoms with van der Waals surface area (Å²) in [5.74, 6) is -1.27. The van der Waals surface area contributed by atoms with Crippen molar-refractivity contribution in [3.63, 3.8) is 0 Å². The van der Waals surface area contributed by atoms with Crippen LogP contribution in [0.25, 0.3) is 0 Å². The molecule has 0 spiro atoms. The van der Waals surface area contributed by atoms with Gasteiger partial charge in [-0.25, -0.2) is 4.79 Å². The lowest BCUT2D eigenvalue weighted by Gasteiger charge is -2.02. The van der Waals surface area contributed by atoms with E-state index in [4.69, 9.17) is 5.11 Å². The van der Waals surface area contributed by atoms with Crippen molar-refractivity contribution in [2.24, 2.45) is 0 Å². The van der Waals surface area contributed by atoms with Crippen LogP contribution < -0.4 is 5.32 Å². The molecule has 4 nitrogen and oxygen atoms in total. The molecule has 0 unspecified atom stereocenters.